The lowest BCUT2D eigenvalue weighted by Gasteiger charge is -2.05. The van der Waals surface area contributed by atoms with Crippen molar-refractivity contribution in [3.05, 3.63) is 38.8 Å². The molecule has 0 atom stereocenters. The maximum absolute atomic E-state index is 10.5. The third-order valence-corrected chi connectivity index (χ3v) is 3.95. The van der Waals surface area contributed by atoms with Gasteiger partial charge in [-0.05, 0) is 18.2 Å². The number of carbonyl (C=O) groups is 1. The number of aryl methyl sites for hydroxylation is 1. The number of carboxylic acids is 1. The van der Waals surface area contributed by atoms with Crippen LogP contribution in [0.2, 0.25) is 5.02 Å². The maximum atomic E-state index is 10.5. The van der Waals surface area contributed by atoms with Crippen LogP contribution in [-0.2, 0) is 11.2 Å². The molecule has 7 heteroatoms. The summed E-state index contributed by atoms with van der Waals surface area (Å²) in [6, 6.07) is 5.50. The fourth-order valence-electron chi connectivity index (χ4n) is 1.42. The van der Waals surface area contributed by atoms with E-state index in [1.807, 2.05) is 17.5 Å². The first kappa shape index (κ1) is 14.3. The predicted octanol–water partition coefficient (Wildman–Crippen LogP) is 4.32. The van der Waals surface area contributed by atoms with Crippen LogP contribution in [0.5, 0.6) is 0 Å². The number of benzene rings is 1. The Morgan fingerprint density at radius 3 is 3.05 bits per heavy atom. The average molecular weight is 362 g/mol. The van der Waals surface area contributed by atoms with Crippen LogP contribution in [-0.4, -0.2) is 16.1 Å². The zero-order chi connectivity index (χ0) is 13.8. The first-order valence-corrected chi connectivity index (χ1v) is 7.48. The molecule has 2 aromatic rings. The molecular formula is C12H10BrClN2O2S. The van der Waals surface area contributed by atoms with Crippen molar-refractivity contribution in [2.75, 3.05) is 5.32 Å². The molecule has 0 saturated carbocycles. The molecule has 2 N–H and O–H groups in total. The lowest BCUT2D eigenvalue weighted by Crippen LogP contribution is -1.98. The highest BCUT2D eigenvalue weighted by atomic mass is 79.9. The normalized spacial score (nSPS) is 10.4. The number of aliphatic carboxylic acids is 1. The molecule has 1 aromatic carbocycles. The summed E-state index contributed by atoms with van der Waals surface area (Å²) < 4.78 is 0.919. The van der Waals surface area contributed by atoms with Crippen LogP contribution in [0.1, 0.15) is 12.1 Å². The van der Waals surface area contributed by atoms with Crippen LogP contribution in [0.25, 0.3) is 0 Å². The van der Waals surface area contributed by atoms with Gasteiger partial charge < -0.3 is 10.4 Å². The minimum atomic E-state index is -0.822. The molecule has 1 heterocycles. The van der Waals surface area contributed by atoms with Crippen LogP contribution < -0.4 is 5.32 Å². The van der Waals surface area contributed by atoms with Crippen molar-refractivity contribution < 1.29 is 9.90 Å². The first-order valence-electron chi connectivity index (χ1n) is 5.43. The van der Waals surface area contributed by atoms with Gasteiger partial charge in [-0.15, -0.1) is 11.3 Å². The second kappa shape index (κ2) is 6.36. The van der Waals surface area contributed by atoms with Crippen LogP contribution in [0.4, 0.5) is 10.8 Å². The Kier molecular flexibility index (Phi) is 4.79. The van der Waals surface area contributed by atoms with E-state index in [0.717, 1.165) is 15.9 Å². The second-order valence-corrected chi connectivity index (χ2v) is 5.97. The van der Waals surface area contributed by atoms with Gasteiger partial charge >= 0.3 is 5.97 Å². The van der Waals surface area contributed by atoms with Gasteiger partial charge in [-0.1, -0.05) is 27.5 Å². The van der Waals surface area contributed by atoms with Gasteiger partial charge in [0, 0.05) is 16.3 Å². The summed E-state index contributed by atoms with van der Waals surface area (Å²) >= 11 is 10.9. The van der Waals surface area contributed by atoms with Crippen LogP contribution in [0.3, 0.4) is 0 Å². The predicted molar refractivity (Wildman–Crippen MR) is 80.5 cm³/mol. The Hall–Kier alpha value is -1.11. The molecule has 0 saturated heterocycles. The number of carboxylic acid groups (broad SMARTS) is 1. The standard InChI is InChI=1S/C12H10BrClN2O2S/c13-7-1-3-9(14)10(5-7)16-12-15-8(6-19-12)2-4-11(17)18/h1,3,5-6H,2,4H2,(H,15,16)(H,17,18). The molecular weight excluding hydrogens is 352 g/mol. The van der Waals surface area contributed by atoms with E-state index in [1.165, 1.54) is 11.3 Å². The van der Waals surface area contributed by atoms with E-state index in [2.05, 4.69) is 26.2 Å². The number of rotatable bonds is 5. The molecule has 4 nitrogen and oxygen atoms in total. The lowest BCUT2D eigenvalue weighted by atomic mass is 10.2. The number of anilines is 2. The summed E-state index contributed by atoms with van der Waals surface area (Å²) in [5.74, 6) is -0.822. The highest BCUT2D eigenvalue weighted by molar-refractivity contribution is 9.10. The molecule has 2 rings (SSSR count). The Morgan fingerprint density at radius 1 is 1.53 bits per heavy atom. The molecule has 1 aromatic heterocycles. The summed E-state index contributed by atoms with van der Waals surface area (Å²) in [6.07, 6.45) is 0.514. The fourth-order valence-corrected chi connectivity index (χ4v) is 2.71. The Labute approximate surface area is 127 Å². The van der Waals surface area contributed by atoms with Crippen molar-refractivity contribution in [3.8, 4) is 0 Å². The molecule has 0 radical (unpaired) electrons. The number of nitrogens with one attached hydrogen (secondary N) is 1. The van der Waals surface area contributed by atoms with Crippen LogP contribution in [0.15, 0.2) is 28.1 Å². The van der Waals surface area contributed by atoms with Crippen molar-refractivity contribution in [1.82, 2.24) is 4.98 Å². The molecule has 0 amide bonds. The van der Waals surface area contributed by atoms with Crippen molar-refractivity contribution >= 4 is 55.7 Å². The number of hydrogen-bond acceptors (Lipinski definition) is 4. The minimum Gasteiger partial charge on any atom is -0.481 e. The fraction of sp³-hybridized carbons (Fsp3) is 0.167. The second-order valence-electron chi connectivity index (χ2n) is 3.79. The molecule has 0 aliphatic carbocycles. The lowest BCUT2D eigenvalue weighted by molar-refractivity contribution is -0.136. The van der Waals surface area contributed by atoms with E-state index in [0.29, 0.717) is 16.6 Å². The number of hydrogen-bond donors (Lipinski definition) is 2. The van der Waals surface area contributed by atoms with Gasteiger partial charge in [0.05, 0.1) is 22.8 Å². The Morgan fingerprint density at radius 2 is 2.32 bits per heavy atom. The highest BCUT2D eigenvalue weighted by Gasteiger charge is 2.07. The molecule has 0 fully saturated rings. The van der Waals surface area contributed by atoms with Crippen molar-refractivity contribution in [3.63, 3.8) is 0 Å². The van der Waals surface area contributed by atoms with Crippen LogP contribution >= 0.6 is 38.9 Å². The van der Waals surface area contributed by atoms with Gasteiger partial charge in [0.2, 0.25) is 0 Å². The quantitative estimate of drug-likeness (QED) is 0.832. The van der Waals surface area contributed by atoms with Gasteiger partial charge in [0.25, 0.3) is 0 Å². The number of halogens is 2. The van der Waals surface area contributed by atoms with Crippen molar-refractivity contribution in [1.29, 1.82) is 0 Å². The van der Waals surface area contributed by atoms with Crippen LogP contribution in [0, 0.1) is 0 Å². The van der Waals surface area contributed by atoms with Gasteiger partial charge in [-0.2, -0.15) is 0 Å². The Balaban J connectivity index is 2.07. The molecule has 19 heavy (non-hydrogen) atoms. The number of nitrogens with zero attached hydrogens (tertiary/aromatic N) is 1. The van der Waals surface area contributed by atoms with E-state index in [9.17, 15) is 4.79 Å². The molecule has 0 bridgehead atoms. The molecule has 0 aliphatic heterocycles. The third kappa shape index (κ3) is 4.19. The van der Waals surface area contributed by atoms with E-state index >= 15 is 0 Å². The number of thiazole rings is 1. The number of aromatic nitrogens is 1. The average Bonchev–Trinajstić information content (AvgIpc) is 2.79. The first-order chi connectivity index (χ1) is 9.04. The summed E-state index contributed by atoms with van der Waals surface area (Å²) in [6.45, 7) is 0. The maximum Gasteiger partial charge on any atom is 0.303 e. The molecule has 0 unspecified atom stereocenters. The molecule has 0 aliphatic rings. The zero-order valence-electron chi connectivity index (χ0n) is 9.69. The summed E-state index contributed by atoms with van der Waals surface area (Å²) in [7, 11) is 0. The third-order valence-electron chi connectivity index (χ3n) is 2.32. The van der Waals surface area contributed by atoms with Gasteiger partial charge in [-0.3, -0.25) is 4.79 Å². The molecule has 100 valence electrons. The topological polar surface area (TPSA) is 62.2 Å². The SMILES string of the molecule is O=C(O)CCc1csc(Nc2cc(Br)ccc2Cl)n1. The van der Waals surface area contributed by atoms with Crippen molar-refractivity contribution in [2.45, 2.75) is 12.8 Å². The molecule has 0 spiro atoms. The van der Waals surface area contributed by atoms with Gasteiger partial charge in [-0.25, -0.2) is 4.98 Å². The summed E-state index contributed by atoms with van der Waals surface area (Å²) in [4.78, 5) is 14.8. The summed E-state index contributed by atoms with van der Waals surface area (Å²) in [5.41, 5.74) is 1.52. The Bertz CT molecular complexity index is 603. The van der Waals surface area contributed by atoms with E-state index < -0.39 is 5.97 Å². The largest absolute Gasteiger partial charge is 0.481 e. The van der Waals surface area contributed by atoms with E-state index in [-0.39, 0.29) is 6.42 Å². The smallest absolute Gasteiger partial charge is 0.303 e. The summed E-state index contributed by atoms with van der Waals surface area (Å²) in [5, 5.41) is 14.9. The minimum absolute atomic E-state index is 0.0841. The zero-order valence-corrected chi connectivity index (χ0v) is 12.8. The van der Waals surface area contributed by atoms with Crippen molar-refractivity contribution in [2.24, 2.45) is 0 Å². The highest BCUT2D eigenvalue weighted by Crippen LogP contribution is 2.30. The van der Waals surface area contributed by atoms with E-state index in [1.54, 1.807) is 6.07 Å². The van der Waals surface area contributed by atoms with Gasteiger partial charge in [0.15, 0.2) is 5.13 Å². The monoisotopic (exact) mass is 360 g/mol. The van der Waals surface area contributed by atoms with Gasteiger partial charge in [0.1, 0.15) is 0 Å². The van der Waals surface area contributed by atoms with E-state index in [4.69, 9.17) is 16.7 Å².